The lowest BCUT2D eigenvalue weighted by Crippen LogP contribution is -2.62. The predicted molar refractivity (Wildman–Crippen MR) is 88.0 cm³/mol. The summed E-state index contributed by atoms with van der Waals surface area (Å²) in [7, 11) is 0. The van der Waals surface area contributed by atoms with Crippen molar-refractivity contribution in [1.29, 1.82) is 0 Å². The third-order valence-electron chi connectivity index (χ3n) is 3.42. The molecule has 1 aliphatic heterocycles. The van der Waals surface area contributed by atoms with Crippen molar-refractivity contribution in [3.63, 3.8) is 0 Å². The lowest BCUT2D eigenvalue weighted by atomic mass is 10.1. The van der Waals surface area contributed by atoms with Gasteiger partial charge in [0.25, 0.3) is 0 Å². The topological polar surface area (TPSA) is 87.7 Å². The summed E-state index contributed by atoms with van der Waals surface area (Å²) >= 11 is 0. The van der Waals surface area contributed by atoms with Gasteiger partial charge in [0.05, 0.1) is 0 Å². The maximum atomic E-state index is 12.4. The highest BCUT2D eigenvalue weighted by Crippen LogP contribution is 2.14. The SMILES string of the molecule is CC(C)(C)OC(=O)N1CC(=O)NCC1C(=O)NCc1ccccc1. The maximum Gasteiger partial charge on any atom is 0.411 e. The van der Waals surface area contributed by atoms with Crippen molar-refractivity contribution in [3.8, 4) is 0 Å². The van der Waals surface area contributed by atoms with Crippen molar-refractivity contribution >= 4 is 17.9 Å². The molecule has 130 valence electrons. The monoisotopic (exact) mass is 333 g/mol. The van der Waals surface area contributed by atoms with Gasteiger partial charge in [-0.3, -0.25) is 14.5 Å². The molecule has 1 atom stereocenters. The molecular weight excluding hydrogens is 310 g/mol. The molecule has 2 rings (SSSR count). The molecule has 7 heteroatoms. The Kier molecular flexibility index (Phi) is 5.43. The van der Waals surface area contributed by atoms with E-state index in [0.29, 0.717) is 6.54 Å². The highest BCUT2D eigenvalue weighted by Gasteiger charge is 2.37. The van der Waals surface area contributed by atoms with Gasteiger partial charge in [0.2, 0.25) is 11.8 Å². The number of amides is 3. The van der Waals surface area contributed by atoms with E-state index in [-0.39, 0.29) is 24.9 Å². The Balaban J connectivity index is 2.02. The number of nitrogens with one attached hydrogen (secondary N) is 2. The number of piperazine rings is 1. The molecule has 24 heavy (non-hydrogen) atoms. The van der Waals surface area contributed by atoms with Gasteiger partial charge >= 0.3 is 6.09 Å². The highest BCUT2D eigenvalue weighted by atomic mass is 16.6. The molecule has 1 heterocycles. The van der Waals surface area contributed by atoms with Crippen LogP contribution >= 0.6 is 0 Å². The first-order valence-corrected chi connectivity index (χ1v) is 7.84. The van der Waals surface area contributed by atoms with Crippen LogP contribution in [0.3, 0.4) is 0 Å². The van der Waals surface area contributed by atoms with E-state index in [1.807, 2.05) is 30.3 Å². The summed E-state index contributed by atoms with van der Waals surface area (Å²) in [6.45, 7) is 5.43. The van der Waals surface area contributed by atoms with Gasteiger partial charge < -0.3 is 15.4 Å². The highest BCUT2D eigenvalue weighted by molar-refractivity contribution is 5.91. The zero-order valence-electron chi connectivity index (χ0n) is 14.2. The van der Waals surface area contributed by atoms with Gasteiger partial charge in [-0.2, -0.15) is 0 Å². The van der Waals surface area contributed by atoms with E-state index >= 15 is 0 Å². The van der Waals surface area contributed by atoms with Crippen LogP contribution in [0.4, 0.5) is 4.79 Å². The predicted octanol–water partition coefficient (Wildman–Crippen LogP) is 1.04. The van der Waals surface area contributed by atoms with Crippen LogP contribution in [0.15, 0.2) is 30.3 Å². The summed E-state index contributed by atoms with van der Waals surface area (Å²) in [6.07, 6.45) is -0.669. The minimum atomic E-state index is -0.790. The minimum absolute atomic E-state index is 0.0682. The molecule has 0 bridgehead atoms. The van der Waals surface area contributed by atoms with Crippen LogP contribution in [0.1, 0.15) is 26.3 Å². The molecule has 1 aliphatic rings. The first kappa shape index (κ1) is 17.8. The van der Waals surface area contributed by atoms with Crippen LogP contribution in [0.5, 0.6) is 0 Å². The minimum Gasteiger partial charge on any atom is -0.444 e. The van der Waals surface area contributed by atoms with E-state index in [4.69, 9.17) is 4.74 Å². The molecule has 1 fully saturated rings. The summed E-state index contributed by atoms with van der Waals surface area (Å²) in [5, 5.41) is 5.40. The number of carbonyl (C=O) groups excluding carboxylic acids is 3. The summed E-state index contributed by atoms with van der Waals surface area (Å²) in [6, 6.07) is 8.67. The van der Waals surface area contributed by atoms with Gasteiger partial charge in [-0.15, -0.1) is 0 Å². The Morgan fingerprint density at radius 2 is 1.96 bits per heavy atom. The number of hydrogen-bond acceptors (Lipinski definition) is 4. The third kappa shape index (κ3) is 4.97. The second-order valence-corrected chi connectivity index (χ2v) is 6.63. The van der Waals surface area contributed by atoms with Gasteiger partial charge in [-0.25, -0.2) is 4.79 Å². The second-order valence-electron chi connectivity index (χ2n) is 6.63. The normalized spacial score (nSPS) is 17.9. The summed E-state index contributed by atoms with van der Waals surface area (Å²) < 4.78 is 5.30. The largest absolute Gasteiger partial charge is 0.444 e. The van der Waals surface area contributed by atoms with Gasteiger partial charge in [0.15, 0.2) is 0 Å². The van der Waals surface area contributed by atoms with Crippen LogP contribution in [-0.4, -0.2) is 47.5 Å². The zero-order chi connectivity index (χ0) is 17.7. The average molecular weight is 333 g/mol. The Hall–Kier alpha value is -2.57. The molecule has 2 N–H and O–H groups in total. The first-order chi connectivity index (χ1) is 11.3. The van der Waals surface area contributed by atoms with Crippen LogP contribution in [0, 0.1) is 0 Å². The van der Waals surface area contributed by atoms with E-state index in [9.17, 15) is 14.4 Å². The third-order valence-corrected chi connectivity index (χ3v) is 3.42. The van der Waals surface area contributed by atoms with Crippen LogP contribution in [-0.2, 0) is 20.9 Å². The molecule has 0 saturated carbocycles. The number of ether oxygens (including phenoxy) is 1. The molecule has 0 aromatic heterocycles. The summed E-state index contributed by atoms with van der Waals surface area (Å²) in [4.78, 5) is 37.5. The van der Waals surface area contributed by atoms with E-state index in [2.05, 4.69) is 10.6 Å². The van der Waals surface area contributed by atoms with Crippen molar-refractivity contribution in [2.45, 2.75) is 39.0 Å². The molecule has 1 unspecified atom stereocenters. The standard InChI is InChI=1S/C17H23N3O4/c1-17(2,3)24-16(23)20-11-14(21)18-10-13(20)15(22)19-9-12-7-5-4-6-8-12/h4-8,13H,9-11H2,1-3H3,(H,18,21)(H,19,22). The number of carbonyl (C=O) groups is 3. The number of benzene rings is 1. The summed E-state index contributed by atoms with van der Waals surface area (Å²) in [5.74, 6) is -0.641. The van der Waals surface area contributed by atoms with Crippen molar-refractivity contribution in [3.05, 3.63) is 35.9 Å². The maximum absolute atomic E-state index is 12.4. The van der Waals surface area contributed by atoms with Gasteiger partial charge in [-0.1, -0.05) is 30.3 Å². The fourth-order valence-corrected chi connectivity index (χ4v) is 2.29. The van der Waals surface area contributed by atoms with E-state index in [0.717, 1.165) is 5.56 Å². The molecule has 1 saturated heterocycles. The number of nitrogens with zero attached hydrogens (tertiary/aromatic N) is 1. The van der Waals surface area contributed by atoms with Crippen LogP contribution in [0.25, 0.3) is 0 Å². The molecule has 1 aromatic carbocycles. The smallest absolute Gasteiger partial charge is 0.411 e. The van der Waals surface area contributed by atoms with Gasteiger partial charge in [-0.05, 0) is 26.3 Å². The second kappa shape index (κ2) is 7.33. The first-order valence-electron chi connectivity index (χ1n) is 7.84. The van der Waals surface area contributed by atoms with E-state index in [1.54, 1.807) is 20.8 Å². The Bertz CT molecular complexity index is 610. The molecule has 7 nitrogen and oxygen atoms in total. The van der Waals surface area contributed by atoms with Gasteiger partial charge in [0, 0.05) is 13.1 Å². The fourth-order valence-electron chi connectivity index (χ4n) is 2.29. The Labute approximate surface area is 141 Å². The zero-order valence-corrected chi connectivity index (χ0v) is 14.2. The molecular formula is C17H23N3O4. The van der Waals surface area contributed by atoms with E-state index < -0.39 is 17.7 Å². The van der Waals surface area contributed by atoms with Crippen molar-refractivity contribution in [2.24, 2.45) is 0 Å². The fraction of sp³-hybridized carbons (Fsp3) is 0.471. The molecule has 0 radical (unpaired) electrons. The Morgan fingerprint density at radius 3 is 2.58 bits per heavy atom. The lowest BCUT2D eigenvalue weighted by molar-refractivity contribution is -0.132. The number of rotatable bonds is 3. The quantitative estimate of drug-likeness (QED) is 0.865. The van der Waals surface area contributed by atoms with Crippen LogP contribution in [0.2, 0.25) is 0 Å². The van der Waals surface area contributed by atoms with Crippen LogP contribution < -0.4 is 10.6 Å². The molecule has 0 aliphatic carbocycles. The van der Waals surface area contributed by atoms with Crippen molar-refractivity contribution < 1.29 is 19.1 Å². The average Bonchev–Trinajstić information content (AvgIpc) is 2.52. The van der Waals surface area contributed by atoms with Crippen molar-refractivity contribution in [2.75, 3.05) is 13.1 Å². The van der Waals surface area contributed by atoms with Gasteiger partial charge in [0.1, 0.15) is 18.2 Å². The molecule has 3 amide bonds. The number of hydrogen-bond donors (Lipinski definition) is 2. The molecule has 0 spiro atoms. The lowest BCUT2D eigenvalue weighted by Gasteiger charge is -2.35. The van der Waals surface area contributed by atoms with Crippen molar-refractivity contribution in [1.82, 2.24) is 15.5 Å². The Morgan fingerprint density at radius 1 is 1.29 bits per heavy atom. The summed E-state index contributed by atoms with van der Waals surface area (Å²) in [5.41, 5.74) is 0.255. The molecule has 1 aromatic rings. The van der Waals surface area contributed by atoms with E-state index in [1.165, 1.54) is 4.90 Å².